The van der Waals surface area contributed by atoms with Crippen molar-refractivity contribution in [1.29, 1.82) is 0 Å². The monoisotopic (exact) mass is 344 g/mol. The van der Waals surface area contributed by atoms with Gasteiger partial charge in [0.15, 0.2) is 0 Å². The highest BCUT2D eigenvalue weighted by molar-refractivity contribution is 5.92. The number of para-hydroxylation sites is 2. The molecule has 4 rings (SSSR count). The van der Waals surface area contributed by atoms with E-state index in [1.54, 1.807) is 7.11 Å². The van der Waals surface area contributed by atoms with Gasteiger partial charge in [-0.2, -0.15) is 0 Å². The molecule has 1 spiro atoms. The van der Waals surface area contributed by atoms with E-state index in [-0.39, 0.29) is 11.9 Å². The number of fused-ring (bicyclic) bond motifs is 2. The number of ether oxygens (including phenoxy) is 2. The molecule has 1 aromatic rings. The van der Waals surface area contributed by atoms with E-state index in [0.29, 0.717) is 35.6 Å². The van der Waals surface area contributed by atoms with E-state index in [2.05, 4.69) is 17.6 Å². The summed E-state index contributed by atoms with van der Waals surface area (Å²) in [6.07, 6.45) is 5.94. The quantitative estimate of drug-likeness (QED) is 0.833. The molecule has 0 unspecified atom stereocenters. The Kier molecular flexibility index (Phi) is 4.46. The number of benzene rings is 1. The van der Waals surface area contributed by atoms with Crippen LogP contribution in [-0.2, 0) is 9.53 Å². The molecule has 1 saturated heterocycles. The van der Waals surface area contributed by atoms with Crippen LogP contribution in [0.3, 0.4) is 0 Å². The number of amides is 1. The number of methoxy groups -OCH3 is 1. The second-order valence-electron chi connectivity index (χ2n) is 7.83. The van der Waals surface area contributed by atoms with Gasteiger partial charge in [-0.05, 0) is 38.3 Å². The molecule has 3 fully saturated rings. The third-order valence-electron chi connectivity index (χ3n) is 6.37. The fourth-order valence-corrected chi connectivity index (χ4v) is 5.09. The van der Waals surface area contributed by atoms with Crippen molar-refractivity contribution in [3.63, 3.8) is 0 Å². The molecule has 4 atom stereocenters. The summed E-state index contributed by atoms with van der Waals surface area (Å²) in [5.74, 6) is 1.35. The molecule has 136 valence electrons. The molecule has 5 nitrogen and oxygen atoms in total. The number of carbonyl (C=O) groups is 1. The minimum atomic E-state index is 0.0192. The van der Waals surface area contributed by atoms with Crippen molar-refractivity contribution < 1.29 is 14.3 Å². The molecule has 0 radical (unpaired) electrons. The lowest BCUT2D eigenvalue weighted by molar-refractivity contribution is -0.178. The van der Waals surface area contributed by atoms with Gasteiger partial charge in [0.1, 0.15) is 5.75 Å². The Morgan fingerprint density at radius 3 is 2.92 bits per heavy atom. The fraction of sp³-hybridized carbons (Fsp3) is 0.650. The maximum Gasteiger partial charge on any atom is 0.226 e. The molecule has 1 heterocycles. The largest absolute Gasteiger partial charge is 0.495 e. The number of nitrogens with one attached hydrogen (secondary N) is 2. The lowest BCUT2D eigenvalue weighted by atomic mass is 9.46. The van der Waals surface area contributed by atoms with Gasteiger partial charge >= 0.3 is 0 Å². The second-order valence-corrected chi connectivity index (χ2v) is 7.83. The van der Waals surface area contributed by atoms with Gasteiger partial charge in [-0.15, -0.1) is 0 Å². The number of carbonyl (C=O) groups excluding carboxylic acids is 1. The minimum absolute atomic E-state index is 0.0192. The molecule has 3 aliphatic rings. The highest BCUT2D eigenvalue weighted by Crippen LogP contribution is 2.62. The van der Waals surface area contributed by atoms with Crippen LogP contribution in [-0.4, -0.2) is 37.8 Å². The van der Waals surface area contributed by atoms with Crippen molar-refractivity contribution in [2.75, 3.05) is 19.0 Å². The van der Waals surface area contributed by atoms with Crippen LogP contribution in [0.5, 0.6) is 5.75 Å². The van der Waals surface area contributed by atoms with E-state index < -0.39 is 0 Å². The Balaban J connectivity index is 1.33. The first-order valence-electron chi connectivity index (χ1n) is 9.44. The summed E-state index contributed by atoms with van der Waals surface area (Å²) in [4.78, 5) is 12.4. The Morgan fingerprint density at radius 2 is 2.20 bits per heavy atom. The Hall–Kier alpha value is -1.59. The summed E-state index contributed by atoms with van der Waals surface area (Å²) < 4.78 is 11.3. The van der Waals surface area contributed by atoms with Crippen LogP contribution in [0.4, 0.5) is 5.69 Å². The Morgan fingerprint density at radius 1 is 1.40 bits per heavy atom. The minimum Gasteiger partial charge on any atom is -0.495 e. The van der Waals surface area contributed by atoms with E-state index in [9.17, 15) is 4.79 Å². The summed E-state index contributed by atoms with van der Waals surface area (Å²) in [6, 6.07) is 8.18. The van der Waals surface area contributed by atoms with Crippen LogP contribution in [0.2, 0.25) is 0 Å². The zero-order valence-electron chi connectivity index (χ0n) is 15.1. The zero-order chi connectivity index (χ0) is 17.4. The smallest absolute Gasteiger partial charge is 0.226 e. The summed E-state index contributed by atoms with van der Waals surface area (Å²) in [5.41, 5.74) is 1.08. The number of hydrogen-bond donors (Lipinski definition) is 2. The standard InChI is InChI=1S/C20H28N2O3/c1-13(12-17(23)22-15-6-3-4-7-16(15)24-2)21-18-14-8-11-25-19(14)20(18)9-5-10-20/h3-4,6-7,13-14,18-19,21H,5,8-12H2,1-2H3,(H,22,23)/t13-,14+,18+,19+/m0/s1. The van der Waals surface area contributed by atoms with Gasteiger partial charge in [0.25, 0.3) is 0 Å². The van der Waals surface area contributed by atoms with Crippen molar-refractivity contribution in [2.24, 2.45) is 11.3 Å². The highest BCUT2D eigenvalue weighted by Gasteiger charge is 2.66. The van der Waals surface area contributed by atoms with E-state index >= 15 is 0 Å². The lowest BCUT2D eigenvalue weighted by Gasteiger charge is -2.64. The molecular formula is C20H28N2O3. The van der Waals surface area contributed by atoms with E-state index in [1.807, 2.05) is 24.3 Å². The van der Waals surface area contributed by atoms with Crippen molar-refractivity contribution in [1.82, 2.24) is 5.32 Å². The highest BCUT2D eigenvalue weighted by atomic mass is 16.5. The van der Waals surface area contributed by atoms with Crippen molar-refractivity contribution >= 4 is 11.6 Å². The van der Waals surface area contributed by atoms with Gasteiger partial charge in [0.2, 0.25) is 5.91 Å². The molecule has 25 heavy (non-hydrogen) atoms. The van der Waals surface area contributed by atoms with Crippen molar-refractivity contribution in [3.8, 4) is 5.75 Å². The van der Waals surface area contributed by atoms with Crippen LogP contribution < -0.4 is 15.4 Å². The van der Waals surface area contributed by atoms with Gasteiger partial charge in [-0.1, -0.05) is 18.6 Å². The normalized spacial score (nSPS) is 30.1. The van der Waals surface area contributed by atoms with Gasteiger partial charge in [0.05, 0.1) is 18.9 Å². The van der Waals surface area contributed by atoms with Gasteiger partial charge in [-0.3, -0.25) is 4.79 Å². The first-order valence-corrected chi connectivity index (χ1v) is 9.44. The number of rotatable bonds is 6. The summed E-state index contributed by atoms with van der Waals surface area (Å²) in [7, 11) is 1.61. The third-order valence-corrected chi connectivity index (χ3v) is 6.37. The SMILES string of the molecule is COc1ccccc1NC(=O)C[C@H](C)N[C@@H]1[C@H]2CCO[C@H]2C12CCC2. The van der Waals surface area contributed by atoms with Crippen molar-refractivity contribution in [2.45, 2.75) is 57.2 Å². The van der Waals surface area contributed by atoms with Crippen molar-refractivity contribution in [3.05, 3.63) is 24.3 Å². The number of hydrogen-bond acceptors (Lipinski definition) is 4. The first kappa shape index (κ1) is 16.9. The zero-order valence-corrected chi connectivity index (χ0v) is 15.1. The summed E-state index contributed by atoms with van der Waals surface area (Å²) >= 11 is 0. The van der Waals surface area contributed by atoms with Crippen LogP contribution in [0.25, 0.3) is 0 Å². The van der Waals surface area contributed by atoms with Gasteiger partial charge < -0.3 is 20.1 Å². The Labute approximate surface area is 149 Å². The van der Waals surface area contributed by atoms with Crippen LogP contribution >= 0.6 is 0 Å². The fourth-order valence-electron chi connectivity index (χ4n) is 5.09. The first-order chi connectivity index (χ1) is 12.1. The van der Waals surface area contributed by atoms with E-state index in [4.69, 9.17) is 9.47 Å². The van der Waals surface area contributed by atoms with E-state index in [0.717, 1.165) is 18.7 Å². The molecule has 2 saturated carbocycles. The molecule has 1 aromatic carbocycles. The third kappa shape index (κ3) is 2.83. The Bertz CT molecular complexity index is 644. The van der Waals surface area contributed by atoms with Gasteiger partial charge in [-0.25, -0.2) is 0 Å². The average molecular weight is 344 g/mol. The molecule has 5 heteroatoms. The maximum atomic E-state index is 12.4. The molecule has 1 amide bonds. The molecule has 0 aromatic heterocycles. The van der Waals surface area contributed by atoms with Crippen LogP contribution in [0.1, 0.15) is 39.0 Å². The van der Waals surface area contributed by atoms with Crippen LogP contribution in [0, 0.1) is 11.3 Å². The molecule has 1 aliphatic heterocycles. The average Bonchev–Trinajstić information content (AvgIpc) is 2.97. The molecule has 2 N–H and O–H groups in total. The maximum absolute atomic E-state index is 12.4. The van der Waals surface area contributed by atoms with Gasteiger partial charge in [0, 0.05) is 36.4 Å². The summed E-state index contributed by atoms with van der Waals surface area (Å²) in [5, 5.41) is 6.72. The predicted octanol–water partition coefficient (Wildman–Crippen LogP) is 2.96. The molecular weight excluding hydrogens is 316 g/mol. The summed E-state index contributed by atoms with van der Waals surface area (Å²) in [6.45, 7) is 3.01. The van der Waals surface area contributed by atoms with E-state index in [1.165, 1.54) is 19.3 Å². The lowest BCUT2D eigenvalue weighted by Crippen LogP contribution is -2.72. The molecule has 2 aliphatic carbocycles. The molecule has 0 bridgehead atoms. The number of anilines is 1. The van der Waals surface area contributed by atoms with Crippen LogP contribution in [0.15, 0.2) is 24.3 Å². The second kappa shape index (κ2) is 6.61. The predicted molar refractivity (Wildman–Crippen MR) is 96.8 cm³/mol. The topological polar surface area (TPSA) is 59.6 Å².